The van der Waals surface area contributed by atoms with E-state index in [0.717, 1.165) is 25.7 Å². The SMILES string of the molecule is COc1ccc(NC(=O)NC2CCCCC2O)cc1OC. The molecule has 0 aliphatic heterocycles. The number of hydrogen-bond donors (Lipinski definition) is 3. The largest absolute Gasteiger partial charge is 0.493 e. The molecule has 3 N–H and O–H groups in total. The maximum Gasteiger partial charge on any atom is 0.319 e. The molecule has 1 fully saturated rings. The summed E-state index contributed by atoms with van der Waals surface area (Å²) < 4.78 is 10.3. The predicted molar refractivity (Wildman–Crippen MR) is 80.0 cm³/mol. The molecule has 0 saturated heterocycles. The third kappa shape index (κ3) is 4.01. The molecule has 2 amide bonds. The van der Waals surface area contributed by atoms with Crippen LogP contribution < -0.4 is 20.1 Å². The van der Waals surface area contributed by atoms with E-state index < -0.39 is 6.10 Å². The molecule has 2 unspecified atom stereocenters. The van der Waals surface area contributed by atoms with E-state index in [9.17, 15) is 9.90 Å². The molecule has 6 heteroatoms. The molecule has 0 aromatic heterocycles. The third-order valence-electron chi connectivity index (χ3n) is 3.69. The van der Waals surface area contributed by atoms with Crippen LogP contribution in [-0.2, 0) is 0 Å². The predicted octanol–water partition coefficient (Wildman–Crippen LogP) is 2.13. The summed E-state index contributed by atoms with van der Waals surface area (Å²) in [4.78, 5) is 12.0. The molecule has 6 nitrogen and oxygen atoms in total. The highest BCUT2D eigenvalue weighted by atomic mass is 16.5. The van der Waals surface area contributed by atoms with Gasteiger partial charge in [0.15, 0.2) is 11.5 Å². The number of aliphatic hydroxyl groups is 1. The molecule has 1 aromatic carbocycles. The van der Waals surface area contributed by atoms with Gasteiger partial charge in [-0.1, -0.05) is 12.8 Å². The summed E-state index contributed by atoms with van der Waals surface area (Å²) in [7, 11) is 3.10. The van der Waals surface area contributed by atoms with E-state index in [0.29, 0.717) is 17.2 Å². The van der Waals surface area contributed by atoms with Gasteiger partial charge < -0.3 is 25.2 Å². The third-order valence-corrected chi connectivity index (χ3v) is 3.69. The lowest BCUT2D eigenvalue weighted by Gasteiger charge is -2.28. The molecule has 116 valence electrons. The lowest BCUT2D eigenvalue weighted by molar-refractivity contribution is 0.0955. The summed E-state index contributed by atoms with van der Waals surface area (Å²) in [5.74, 6) is 1.15. The number of carbonyl (C=O) groups is 1. The van der Waals surface area contributed by atoms with Gasteiger partial charge in [0, 0.05) is 11.8 Å². The van der Waals surface area contributed by atoms with Crippen molar-refractivity contribution in [1.82, 2.24) is 5.32 Å². The topological polar surface area (TPSA) is 79.8 Å². The lowest BCUT2D eigenvalue weighted by Crippen LogP contribution is -2.46. The Labute approximate surface area is 124 Å². The highest BCUT2D eigenvalue weighted by molar-refractivity contribution is 5.89. The van der Waals surface area contributed by atoms with Gasteiger partial charge in [-0.2, -0.15) is 0 Å². The van der Waals surface area contributed by atoms with E-state index >= 15 is 0 Å². The van der Waals surface area contributed by atoms with Gasteiger partial charge in [0.2, 0.25) is 0 Å². The number of aliphatic hydroxyl groups excluding tert-OH is 1. The van der Waals surface area contributed by atoms with Crippen molar-refractivity contribution in [3.05, 3.63) is 18.2 Å². The first kappa shape index (κ1) is 15.4. The summed E-state index contributed by atoms with van der Waals surface area (Å²) >= 11 is 0. The first-order valence-electron chi connectivity index (χ1n) is 7.11. The molecule has 0 heterocycles. The molecule has 0 spiro atoms. The molecule has 1 aromatic rings. The van der Waals surface area contributed by atoms with Crippen LogP contribution in [0.25, 0.3) is 0 Å². The number of methoxy groups -OCH3 is 2. The van der Waals surface area contributed by atoms with Gasteiger partial charge in [-0.25, -0.2) is 4.79 Å². The number of nitrogens with one attached hydrogen (secondary N) is 2. The number of benzene rings is 1. The normalized spacial score (nSPS) is 21.5. The minimum Gasteiger partial charge on any atom is -0.493 e. The molecule has 1 aliphatic carbocycles. The Kier molecular flexibility index (Phi) is 5.27. The van der Waals surface area contributed by atoms with Gasteiger partial charge in [-0.3, -0.25) is 0 Å². The number of urea groups is 1. The van der Waals surface area contributed by atoms with Crippen molar-refractivity contribution in [2.24, 2.45) is 0 Å². The van der Waals surface area contributed by atoms with Gasteiger partial charge >= 0.3 is 6.03 Å². The quantitative estimate of drug-likeness (QED) is 0.794. The molecule has 2 atom stereocenters. The Hall–Kier alpha value is -1.95. The summed E-state index contributed by atoms with van der Waals surface area (Å²) in [5, 5.41) is 15.4. The summed E-state index contributed by atoms with van der Waals surface area (Å²) in [6, 6.07) is 4.64. The van der Waals surface area contributed by atoms with Crippen molar-refractivity contribution >= 4 is 11.7 Å². The number of ether oxygens (including phenoxy) is 2. The smallest absolute Gasteiger partial charge is 0.319 e. The Bertz CT molecular complexity index is 493. The van der Waals surface area contributed by atoms with Crippen molar-refractivity contribution in [3.63, 3.8) is 0 Å². The van der Waals surface area contributed by atoms with Crippen molar-refractivity contribution in [1.29, 1.82) is 0 Å². The van der Waals surface area contributed by atoms with Crippen LogP contribution in [0.2, 0.25) is 0 Å². The summed E-state index contributed by atoms with van der Waals surface area (Å²) in [6.45, 7) is 0. The van der Waals surface area contributed by atoms with Gasteiger partial charge in [0.25, 0.3) is 0 Å². The van der Waals surface area contributed by atoms with Crippen LogP contribution in [0, 0.1) is 0 Å². The monoisotopic (exact) mass is 294 g/mol. The van der Waals surface area contributed by atoms with E-state index in [1.54, 1.807) is 32.4 Å². The fourth-order valence-electron chi connectivity index (χ4n) is 2.53. The van der Waals surface area contributed by atoms with Gasteiger partial charge in [-0.05, 0) is 25.0 Å². The van der Waals surface area contributed by atoms with Gasteiger partial charge in [0.05, 0.1) is 26.4 Å². The van der Waals surface area contributed by atoms with Crippen LogP contribution >= 0.6 is 0 Å². The molecular weight excluding hydrogens is 272 g/mol. The average molecular weight is 294 g/mol. The Morgan fingerprint density at radius 2 is 1.90 bits per heavy atom. The fraction of sp³-hybridized carbons (Fsp3) is 0.533. The summed E-state index contributed by atoms with van der Waals surface area (Å²) in [5.41, 5.74) is 0.607. The molecule has 1 saturated carbocycles. The number of anilines is 1. The number of hydrogen-bond acceptors (Lipinski definition) is 4. The van der Waals surface area contributed by atoms with Crippen molar-refractivity contribution in [2.75, 3.05) is 19.5 Å². The maximum absolute atomic E-state index is 12.0. The zero-order valence-electron chi connectivity index (χ0n) is 12.4. The first-order valence-corrected chi connectivity index (χ1v) is 7.11. The standard InChI is InChI=1S/C15H22N2O4/c1-20-13-8-7-10(9-14(13)21-2)16-15(19)17-11-5-3-4-6-12(11)18/h7-9,11-12,18H,3-6H2,1-2H3,(H2,16,17,19). The van der Waals surface area contributed by atoms with E-state index in [-0.39, 0.29) is 12.1 Å². The maximum atomic E-state index is 12.0. The molecule has 0 radical (unpaired) electrons. The molecule has 0 bridgehead atoms. The molecule has 2 rings (SSSR count). The summed E-state index contributed by atoms with van der Waals surface area (Å²) in [6.07, 6.45) is 3.12. The molecular formula is C15H22N2O4. The van der Waals surface area contributed by atoms with E-state index in [1.807, 2.05) is 0 Å². The first-order chi connectivity index (χ1) is 10.1. The Balaban J connectivity index is 1.96. The average Bonchev–Trinajstić information content (AvgIpc) is 2.49. The van der Waals surface area contributed by atoms with Crippen LogP contribution in [0.3, 0.4) is 0 Å². The lowest BCUT2D eigenvalue weighted by atomic mass is 9.93. The molecule has 1 aliphatic rings. The second kappa shape index (κ2) is 7.17. The molecule has 21 heavy (non-hydrogen) atoms. The number of rotatable bonds is 4. The van der Waals surface area contributed by atoms with Crippen LogP contribution in [0.5, 0.6) is 11.5 Å². The van der Waals surface area contributed by atoms with E-state index in [1.165, 1.54) is 0 Å². The Morgan fingerprint density at radius 1 is 1.19 bits per heavy atom. The van der Waals surface area contributed by atoms with Crippen LogP contribution in [0.1, 0.15) is 25.7 Å². The highest BCUT2D eigenvalue weighted by Gasteiger charge is 2.24. The second-order valence-electron chi connectivity index (χ2n) is 5.13. The fourth-order valence-corrected chi connectivity index (χ4v) is 2.53. The van der Waals surface area contributed by atoms with Crippen molar-refractivity contribution in [2.45, 2.75) is 37.8 Å². The van der Waals surface area contributed by atoms with E-state index in [2.05, 4.69) is 10.6 Å². The van der Waals surface area contributed by atoms with Crippen LogP contribution in [0.4, 0.5) is 10.5 Å². The minimum absolute atomic E-state index is 0.182. The Morgan fingerprint density at radius 3 is 2.57 bits per heavy atom. The number of amides is 2. The zero-order valence-corrected chi connectivity index (χ0v) is 12.4. The van der Waals surface area contributed by atoms with Gasteiger partial charge in [-0.15, -0.1) is 0 Å². The van der Waals surface area contributed by atoms with Crippen LogP contribution in [0.15, 0.2) is 18.2 Å². The van der Waals surface area contributed by atoms with Gasteiger partial charge in [0.1, 0.15) is 0 Å². The zero-order chi connectivity index (χ0) is 15.2. The van der Waals surface area contributed by atoms with E-state index in [4.69, 9.17) is 9.47 Å². The minimum atomic E-state index is -0.463. The van der Waals surface area contributed by atoms with Crippen molar-refractivity contribution < 1.29 is 19.4 Å². The second-order valence-corrected chi connectivity index (χ2v) is 5.13. The van der Waals surface area contributed by atoms with Crippen LogP contribution in [-0.4, -0.2) is 37.5 Å². The number of carbonyl (C=O) groups excluding carboxylic acids is 1. The highest BCUT2D eigenvalue weighted by Crippen LogP contribution is 2.29. The van der Waals surface area contributed by atoms with Crippen molar-refractivity contribution in [3.8, 4) is 11.5 Å².